The molecule has 0 bridgehead atoms. The predicted molar refractivity (Wildman–Crippen MR) is 56.9 cm³/mol. The van der Waals surface area contributed by atoms with Crippen molar-refractivity contribution in [3.8, 4) is 5.75 Å². The Morgan fingerprint density at radius 3 is 2.56 bits per heavy atom. The second-order valence-corrected chi connectivity index (χ2v) is 3.49. The summed E-state index contributed by atoms with van der Waals surface area (Å²) >= 11 is 0. The Morgan fingerprint density at radius 1 is 1.19 bits per heavy atom. The molecule has 0 aliphatic heterocycles. The SMILES string of the molecule is Cc1c(OCCF)ccc(CCCF)c1F. The van der Waals surface area contributed by atoms with E-state index in [0.29, 0.717) is 29.7 Å². The highest BCUT2D eigenvalue weighted by Gasteiger charge is 2.10. The maximum Gasteiger partial charge on any atom is 0.132 e. The Kier molecular flexibility index (Phi) is 5.15. The van der Waals surface area contributed by atoms with Gasteiger partial charge in [0.05, 0.1) is 6.67 Å². The average molecular weight is 232 g/mol. The monoisotopic (exact) mass is 232 g/mol. The molecule has 0 N–H and O–H groups in total. The van der Waals surface area contributed by atoms with E-state index in [2.05, 4.69) is 0 Å². The van der Waals surface area contributed by atoms with Crippen molar-refractivity contribution >= 4 is 0 Å². The van der Waals surface area contributed by atoms with E-state index in [9.17, 15) is 13.2 Å². The van der Waals surface area contributed by atoms with E-state index in [1.807, 2.05) is 0 Å². The molecule has 0 amide bonds. The molecule has 0 fully saturated rings. The summed E-state index contributed by atoms with van der Waals surface area (Å²) in [4.78, 5) is 0. The number of ether oxygens (including phenoxy) is 1. The highest BCUT2D eigenvalue weighted by molar-refractivity contribution is 5.38. The van der Waals surface area contributed by atoms with Crippen molar-refractivity contribution in [3.63, 3.8) is 0 Å². The highest BCUT2D eigenvalue weighted by atomic mass is 19.1. The summed E-state index contributed by atoms with van der Waals surface area (Å²) in [5.74, 6) is -0.0380. The lowest BCUT2D eigenvalue weighted by molar-refractivity contribution is 0.270. The summed E-state index contributed by atoms with van der Waals surface area (Å²) in [7, 11) is 0. The summed E-state index contributed by atoms with van der Waals surface area (Å²) in [6, 6.07) is 3.16. The molecule has 0 aromatic heterocycles. The van der Waals surface area contributed by atoms with Crippen LogP contribution in [0, 0.1) is 12.7 Å². The van der Waals surface area contributed by atoms with Gasteiger partial charge in [0, 0.05) is 5.56 Å². The number of hydrogen-bond acceptors (Lipinski definition) is 1. The Balaban J connectivity index is 2.81. The molecular weight excluding hydrogens is 217 g/mol. The van der Waals surface area contributed by atoms with Gasteiger partial charge in [-0.25, -0.2) is 8.78 Å². The standard InChI is InChI=1S/C12H15F3O/c1-9-11(16-8-7-14)5-4-10(12(9)15)3-2-6-13/h4-5H,2-3,6-8H2,1H3. The third-order valence-corrected chi connectivity index (χ3v) is 2.33. The highest BCUT2D eigenvalue weighted by Crippen LogP contribution is 2.24. The molecule has 0 saturated heterocycles. The number of rotatable bonds is 6. The van der Waals surface area contributed by atoms with Gasteiger partial charge in [-0.05, 0) is 31.4 Å². The lowest BCUT2D eigenvalue weighted by atomic mass is 10.1. The smallest absolute Gasteiger partial charge is 0.132 e. The number of halogens is 3. The van der Waals surface area contributed by atoms with Crippen LogP contribution in [0.3, 0.4) is 0 Å². The number of hydrogen-bond donors (Lipinski definition) is 0. The van der Waals surface area contributed by atoms with Crippen LogP contribution in [0.15, 0.2) is 12.1 Å². The van der Waals surface area contributed by atoms with E-state index in [-0.39, 0.29) is 12.4 Å². The fourth-order valence-electron chi connectivity index (χ4n) is 1.48. The maximum absolute atomic E-state index is 13.7. The molecule has 0 unspecified atom stereocenters. The summed E-state index contributed by atoms with van der Waals surface area (Å²) in [6.45, 7) is 0.426. The van der Waals surface area contributed by atoms with Crippen LogP contribution in [0.4, 0.5) is 13.2 Å². The van der Waals surface area contributed by atoms with E-state index in [0.717, 1.165) is 0 Å². The van der Waals surface area contributed by atoms with Crippen LogP contribution in [-0.2, 0) is 6.42 Å². The molecule has 0 saturated carbocycles. The van der Waals surface area contributed by atoms with Crippen LogP contribution >= 0.6 is 0 Å². The Labute approximate surface area is 93.2 Å². The summed E-state index contributed by atoms with van der Waals surface area (Å²) in [5.41, 5.74) is 0.826. The fourth-order valence-corrected chi connectivity index (χ4v) is 1.48. The lowest BCUT2D eigenvalue weighted by Gasteiger charge is -2.11. The van der Waals surface area contributed by atoms with Crippen LogP contribution in [0.2, 0.25) is 0 Å². The zero-order valence-electron chi connectivity index (χ0n) is 9.23. The molecule has 1 nitrogen and oxygen atoms in total. The van der Waals surface area contributed by atoms with Gasteiger partial charge in [-0.15, -0.1) is 0 Å². The third kappa shape index (κ3) is 3.15. The van der Waals surface area contributed by atoms with Crippen LogP contribution in [0.25, 0.3) is 0 Å². The van der Waals surface area contributed by atoms with Gasteiger partial charge in [0.25, 0.3) is 0 Å². The van der Waals surface area contributed by atoms with E-state index >= 15 is 0 Å². The van der Waals surface area contributed by atoms with E-state index in [1.54, 1.807) is 19.1 Å². The molecule has 1 rings (SSSR count). The van der Waals surface area contributed by atoms with Crippen molar-refractivity contribution < 1.29 is 17.9 Å². The van der Waals surface area contributed by atoms with Gasteiger partial charge in [-0.1, -0.05) is 6.07 Å². The first-order valence-electron chi connectivity index (χ1n) is 5.23. The first-order chi connectivity index (χ1) is 7.70. The largest absolute Gasteiger partial charge is 0.490 e. The maximum atomic E-state index is 13.7. The molecule has 0 radical (unpaired) electrons. The molecule has 0 aliphatic carbocycles. The molecule has 0 heterocycles. The average Bonchev–Trinajstić information content (AvgIpc) is 2.30. The summed E-state index contributed by atoms with van der Waals surface area (Å²) in [5, 5.41) is 0. The zero-order valence-corrected chi connectivity index (χ0v) is 9.23. The Morgan fingerprint density at radius 2 is 1.94 bits per heavy atom. The van der Waals surface area contributed by atoms with Gasteiger partial charge < -0.3 is 4.74 Å². The van der Waals surface area contributed by atoms with E-state index < -0.39 is 13.3 Å². The van der Waals surface area contributed by atoms with Gasteiger partial charge in [0.15, 0.2) is 0 Å². The van der Waals surface area contributed by atoms with Crippen LogP contribution in [-0.4, -0.2) is 20.0 Å². The molecule has 90 valence electrons. The summed E-state index contributed by atoms with van der Waals surface area (Å²) in [6.07, 6.45) is 0.674. The molecule has 1 aromatic carbocycles. The predicted octanol–water partition coefficient (Wildman–Crippen LogP) is 3.38. The molecule has 16 heavy (non-hydrogen) atoms. The topological polar surface area (TPSA) is 9.23 Å². The van der Waals surface area contributed by atoms with E-state index in [1.165, 1.54) is 0 Å². The van der Waals surface area contributed by atoms with Gasteiger partial charge in [-0.3, -0.25) is 4.39 Å². The quantitative estimate of drug-likeness (QED) is 0.730. The summed E-state index contributed by atoms with van der Waals surface area (Å²) < 4.78 is 42.6. The number of aryl methyl sites for hydroxylation is 1. The van der Waals surface area contributed by atoms with Crippen molar-refractivity contribution in [2.45, 2.75) is 19.8 Å². The Hall–Kier alpha value is -1.19. The third-order valence-electron chi connectivity index (χ3n) is 2.33. The lowest BCUT2D eigenvalue weighted by Crippen LogP contribution is -2.03. The molecule has 4 heteroatoms. The van der Waals surface area contributed by atoms with Gasteiger partial charge in [0.2, 0.25) is 0 Å². The minimum absolute atomic E-state index is 0.0793. The molecule has 0 spiro atoms. The van der Waals surface area contributed by atoms with Crippen molar-refractivity contribution in [2.75, 3.05) is 20.0 Å². The van der Waals surface area contributed by atoms with Gasteiger partial charge >= 0.3 is 0 Å². The van der Waals surface area contributed by atoms with Crippen molar-refractivity contribution in [2.24, 2.45) is 0 Å². The number of alkyl halides is 2. The normalized spacial score (nSPS) is 10.5. The molecule has 1 aromatic rings. The van der Waals surface area contributed by atoms with Crippen molar-refractivity contribution in [3.05, 3.63) is 29.1 Å². The van der Waals surface area contributed by atoms with Crippen LogP contribution < -0.4 is 4.74 Å². The molecule has 0 atom stereocenters. The second kappa shape index (κ2) is 6.40. The number of benzene rings is 1. The zero-order chi connectivity index (χ0) is 12.0. The van der Waals surface area contributed by atoms with Crippen molar-refractivity contribution in [1.82, 2.24) is 0 Å². The van der Waals surface area contributed by atoms with E-state index in [4.69, 9.17) is 4.74 Å². The molecule has 0 aliphatic rings. The minimum Gasteiger partial charge on any atom is -0.490 e. The van der Waals surface area contributed by atoms with Crippen LogP contribution in [0.5, 0.6) is 5.75 Å². The Bertz CT molecular complexity index is 306. The van der Waals surface area contributed by atoms with Crippen LogP contribution in [0.1, 0.15) is 17.5 Å². The fraction of sp³-hybridized carbons (Fsp3) is 0.500. The van der Waals surface area contributed by atoms with Gasteiger partial charge in [0.1, 0.15) is 24.8 Å². The molecular formula is C12H15F3O. The first kappa shape index (κ1) is 12.9. The van der Waals surface area contributed by atoms with Crippen molar-refractivity contribution in [1.29, 1.82) is 0 Å². The first-order valence-corrected chi connectivity index (χ1v) is 5.23. The second-order valence-electron chi connectivity index (χ2n) is 3.49. The minimum atomic E-state index is -0.606. The van der Waals surface area contributed by atoms with Gasteiger partial charge in [-0.2, -0.15) is 0 Å².